The fraction of sp³-hybridized carbons (Fsp3) is 0.158. The average Bonchev–Trinajstić information content (AvgIpc) is 3.15. The molecule has 0 unspecified atom stereocenters. The number of hydrogen-bond donors (Lipinski definition) is 1. The zero-order valence-electron chi connectivity index (χ0n) is 14.4. The first kappa shape index (κ1) is 18.3. The van der Waals surface area contributed by atoms with Crippen LogP contribution in [0.15, 0.2) is 58.8 Å². The Balaban J connectivity index is 1.55. The van der Waals surface area contributed by atoms with Crippen molar-refractivity contribution in [3.05, 3.63) is 53.9 Å². The lowest BCUT2D eigenvalue weighted by atomic mass is 10.2. The van der Waals surface area contributed by atoms with Gasteiger partial charge < -0.3 is 14.8 Å². The summed E-state index contributed by atoms with van der Waals surface area (Å²) in [5.74, 6) is 1.84. The van der Waals surface area contributed by atoms with Gasteiger partial charge in [-0.15, -0.1) is 23.1 Å². The van der Waals surface area contributed by atoms with E-state index in [1.54, 1.807) is 14.2 Å². The molecule has 0 bridgehead atoms. The van der Waals surface area contributed by atoms with Crippen LogP contribution >= 0.6 is 23.1 Å². The molecule has 0 atom stereocenters. The molecular weight excluding hydrogens is 368 g/mol. The number of rotatable bonds is 7. The zero-order chi connectivity index (χ0) is 18.4. The SMILES string of the molecule is COc1ccc(SCC(=O)Nc2nc(-c3ccc(OC)cc3)cs2)cc1. The molecule has 1 aromatic heterocycles. The topological polar surface area (TPSA) is 60.5 Å². The molecule has 0 saturated heterocycles. The molecule has 0 spiro atoms. The molecule has 0 fully saturated rings. The monoisotopic (exact) mass is 386 g/mol. The maximum Gasteiger partial charge on any atom is 0.236 e. The number of amides is 1. The van der Waals surface area contributed by atoms with Crippen LogP contribution in [-0.2, 0) is 4.79 Å². The summed E-state index contributed by atoms with van der Waals surface area (Å²) in [6.45, 7) is 0. The molecule has 3 aromatic rings. The van der Waals surface area contributed by atoms with Gasteiger partial charge in [-0.3, -0.25) is 4.79 Å². The largest absolute Gasteiger partial charge is 0.497 e. The molecule has 2 aromatic carbocycles. The first-order valence-corrected chi connectivity index (χ1v) is 9.71. The van der Waals surface area contributed by atoms with E-state index in [2.05, 4.69) is 10.3 Å². The first-order chi connectivity index (χ1) is 12.7. The number of carbonyl (C=O) groups is 1. The van der Waals surface area contributed by atoms with Crippen LogP contribution in [-0.4, -0.2) is 30.9 Å². The Kier molecular flexibility index (Phi) is 6.14. The van der Waals surface area contributed by atoms with Crippen molar-refractivity contribution in [3.8, 4) is 22.8 Å². The number of hydrogen-bond acceptors (Lipinski definition) is 6. The standard InChI is InChI=1S/C19H18N2O3S2/c1-23-14-5-3-13(4-6-14)17-11-26-19(20-17)21-18(22)12-25-16-9-7-15(24-2)8-10-16/h3-11H,12H2,1-2H3,(H,20,21,22). The predicted molar refractivity (Wildman–Crippen MR) is 106 cm³/mol. The maximum absolute atomic E-state index is 12.1. The highest BCUT2D eigenvalue weighted by atomic mass is 32.2. The normalized spacial score (nSPS) is 10.4. The average molecular weight is 386 g/mol. The number of thioether (sulfide) groups is 1. The third-order valence-corrected chi connectivity index (χ3v) is 5.34. The van der Waals surface area contributed by atoms with Gasteiger partial charge in [0.2, 0.25) is 5.91 Å². The molecule has 7 heteroatoms. The highest BCUT2D eigenvalue weighted by Gasteiger charge is 2.09. The molecule has 0 saturated carbocycles. The van der Waals surface area contributed by atoms with E-state index in [-0.39, 0.29) is 5.91 Å². The van der Waals surface area contributed by atoms with Gasteiger partial charge in [0.05, 0.1) is 25.7 Å². The molecule has 5 nitrogen and oxygen atoms in total. The number of nitrogens with zero attached hydrogens (tertiary/aromatic N) is 1. The summed E-state index contributed by atoms with van der Waals surface area (Å²) in [5.41, 5.74) is 1.81. The number of nitrogens with one attached hydrogen (secondary N) is 1. The Bertz CT molecular complexity index is 861. The molecule has 1 heterocycles. The third kappa shape index (κ3) is 4.77. The fourth-order valence-corrected chi connectivity index (χ4v) is 3.64. The molecule has 0 aliphatic carbocycles. The van der Waals surface area contributed by atoms with E-state index >= 15 is 0 Å². The summed E-state index contributed by atoms with van der Waals surface area (Å²) in [7, 11) is 3.26. The van der Waals surface area contributed by atoms with E-state index in [4.69, 9.17) is 9.47 Å². The summed E-state index contributed by atoms with van der Waals surface area (Å²) in [5, 5.41) is 5.36. The van der Waals surface area contributed by atoms with Gasteiger partial charge in [-0.2, -0.15) is 0 Å². The lowest BCUT2D eigenvalue weighted by Gasteiger charge is -2.04. The molecule has 0 aliphatic heterocycles. The van der Waals surface area contributed by atoms with E-state index in [0.717, 1.165) is 27.7 Å². The highest BCUT2D eigenvalue weighted by molar-refractivity contribution is 8.00. The Hall–Kier alpha value is -2.51. The second-order valence-electron chi connectivity index (χ2n) is 5.28. The van der Waals surface area contributed by atoms with Gasteiger partial charge in [0.25, 0.3) is 0 Å². The van der Waals surface area contributed by atoms with E-state index in [9.17, 15) is 4.79 Å². The van der Waals surface area contributed by atoms with Crippen molar-refractivity contribution in [2.24, 2.45) is 0 Å². The van der Waals surface area contributed by atoms with Gasteiger partial charge in [-0.1, -0.05) is 0 Å². The van der Waals surface area contributed by atoms with Gasteiger partial charge in [0.1, 0.15) is 11.5 Å². The van der Waals surface area contributed by atoms with Crippen LogP contribution in [0.4, 0.5) is 5.13 Å². The number of methoxy groups -OCH3 is 2. The molecule has 3 rings (SSSR count). The van der Waals surface area contributed by atoms with Crippen molar-refractivity contribution >= 4 is 34.1 Å². The number of anilines is 1. The second kappa shape index (κ2) is 8.73. The number of ether oxygens (including phenoxy) is 2. The lowest BCUT2D eigenvalue weighted by Crippen LogP contribution is -2.13. The van der Waals surface area contributed by atoms with Crippen LogP contribution in [0.2, 0.25) is 0 Å². The van der Waals surface area contributed by atoms with Gasteiger partial charge in [0, 0.05) is 15.8 Å². The minimum Gasteiger partial charge on any atom is -0.497 e. The minimum absolute atomic E-state index is 0.0820. The van der Waals surface area contributed by atoms with Crippen molar-refractivity contribution in [2.75, 3.05) is 25.3 Å². The summed E-state index contributed by atoms with van der Waals surface area (Å²) in [6, 6.07) is 15.3. The van der Waals surface area contributed by atoms with E-state index in [1.165, 1.54) is 23.1 Å². The van der Waals surface area contributed by atoms with Crippen LogP contribution < -0.4 is 14.8 Å². The smallest absolute Gasteiger partial charge is 0.236 e. The fourth-order valence-electron chi connectivity index (χ4n) is 2.20. The summed E-state index contributed by atoms with van der Waals surface area (Å²) in [4.78, 5) is 17.6. The van der Waals surface area contributed by atoms with Crippen molar-refractivity contribution in [1.29, 1.82) is 0 Å². The van der Waals surface area contributed by atoms with Crippen LogP contribution in [0.25, 0.3) is 11.3 Å². The first-order valence-electron chi connectivity index (χ1n) is 7.84. The third-order valence-electron chi connectivity index (χ3n) is 3.57. The number of carbonyl (C=O) groups excluding carboxylic acids is 1. The van der Waals surface area contributed by atoms with Crippen molar-refractivity contribution in [1.82, 2.24) is 4.98 Å². The summed E-state index contributed by atoms with van der Waals surface area (Å²) in [6.07, 6.45) is 0. The molecule has 0 aliphatic rings. The Morgan fingerprint density at radius 3 is 2.27 bits per heavy atom. The molecule has 0 radical (unpaired) electrons. The molecule has 1 N–H and O–H groups in total. The van der Waals surface area contributed by atoms with E-state index in [1.807, 2.05) is 53.9 Å². The summed E-state index contributed by atoms with van der Waals surface area (Å²) < 4.78 is 10.3. The molecule has 26 heavy (non-hydrogen) atoms. The molecule has 134 valence electrons. The number of aromatic nitrogens is 1. The highest BCUT2D eigenvalue weighted by Crippen LogP contribution is 2.27. The van der Waals surface area contributed by atoms with Crippen LogP contribution in [0.3, 0.4) is 0 Å². The Morgan fingerprint density at radius 2 is 1.65 bits per heavy atom. The lowest BCUT2D eigenvalue weighted by molar-refractivity contribution is -0.113. The van der Waals surface area contributed by atoms with Crippen molar-refractivity contribution in [2.45, 2.75) is 4.90 Å². The molecule has 1 amide bonds. The maximum atomic E-state index is 12.1. The van der Waals surface area contributed by atoms with Gasteiger partial charge >= 0.3 is 0 Å². The minimum atomic E-state index is -0.0820. The zero-order valence-corrected chi connectivity index (χ0v) is 16.0. The van der Waals surface area contributed by atoms with Crippen LogP contribution in [0.1, 0.15) is 0 Å². The number of thiazole rings is 1. The van der Waals surface area contributed by atoms with Crippen molar-refractivity contribution < 1.29 is 14.3 Å². The van der Waals surface area contributed by atoms with Gasteiger partial charge in [0.15, 0.2) is 5.13 Å². The van der Waals surface area contributed by atoms with Crippen LogP contribution in [0, 0.1) is 0 Å². The van der Waals surface area contributed by atoms with Crippen molar-refractivity contribution in [3.63, 3.8) is 0 Å². The molecular formula is C19H18N2O3S2. The van der Waals surface area contributed by atoms with E-state index < -0.39 is 0 Å². The summed E-state index contributed by atoms with van der Waals surface area (Å²) >= 11 is 2.88. The quantitative estimate of drug-likeness (QED) is 0.603. The Labute approximate surface area is 160 Å². The second-order valence-corrected chi connectivity index (χ2v) is 7.19. The predicted octanol–water partition coefficient (Wildman–Crippen LogP) is 4.56. The van der Waals surface area contributed by atoms with E-state index in [0.29, 0.717) is 10.9 Å². The van der Waals surface area contributed by atoms with Gasteiger partial charge in [-0.25, -0.2) is 4.98 Å². The Morgan fingerprint density at radius 1 is 1.04 bits per heavy atom. The van der Waals surface area contributed by atoms with Crippen LogP contribution in [0.5, 0.6) is 11.5 Å². The van der Waals surface area contributed by atoms with Gasteiger partial charge in [-0.05, 0) is 48.5 Å². The number of benzene rings is 2.